The van der Waals surface area contributed by atoms with Gasteiger partial charge in [0.05, 0.1) is 6.61 Å². The average molecular weight is 338 g/mol. The number of carbonyl (C=O) groups excluding carboxylic acids is 1. The number of ether oxygens (including phenoxy) is 2. The van der Waals surface area contributed by atoms with Crippen LogP contribution in [0.25, 0.3) is 6.08 Å². The molecule has 1 atom stereocenters. The first-order valence-electron chi connectivity index (χ1n) is 7.97. The van der Waals surface area contributed by atoms with Gasteiger partial charge in [0.25, 0.3) is 0 Å². The lowest BCUT2D eigenvalue weighted by molar-refractivity contribution is -0.144. The number of esters is 1. The van der Waals surface area contributed by atoms with Gasteiger partial charge in [-0.15, -0.1) is 0 Å². The molecule has 0 spiro atoms. The second kappa shape index (κ2) is 9.06. The lowest BCUT2D eigenvalue weighted by Gasteiger charge is -2.33. The Morgan fingerprint density at radius 2 is 2.35 bits per heavy atom. The molecule has 1 aliphatic rings. The molecule has 0 aliphatic carbocycles. The van der Waals surface area contributed by atoms with Crippen LogP contribution in [-0.4, -0.2) is 49.8 Å². The molecule has 1 saturated heterocycles. The second-order valence-electron chi connectivity index (χ2n) is 6.16. The van der Waals surface area contributed by atoms with Crippen molar-refractivity contribution in [3.63, 3.8) is 0 Å². The zero-order chi connectivity index (χ0) is 16.7. The van der Waals surface area contributed by atoms with E-state index in [1.165, 1.54) is 6.08 Å². The maximum absolute atomic E-state index is 11.8. The zero-order valence-corrected chi connectivity index (χ0v) is 14.5. The largest absolute Gasteiger partial charge is 0.460 e. The molecule has 2 rings (SSSR count). The molecule has 1 heterocycles. The lowest BCUT2D eigenvalue weighted by Crippen LogP contribution is -2.45. The number of halogens is 1. The Balaban J connectivity index is 1.75. The van der Waals surface area contributed by atoms with Crippen LogP contribution in [0.15, 0.2) is 30.3 Å². The third kappa shape index (κ3) is 6.73. The highest BCUT2D eigenvalue weighted by Gasteiger charge is 2.21. The van der Waals surface area contributed by atoms with Gasteiger partial charge >= 0.3 is 5.97 Å². The molecule has 126 valence electrons. The summed E-state index contributed by atoms with van der Waals surface area (Å²) in [5.41, 5.74) is 0.867. The van der Waals surface area contributed by atoms with E-state index in [4.69, 9.17) is 21.1 Å². The van der Waals surface area contributed by atoms with Gasteiger partial charge in [0.2, 0.25) is 0 Å². The van der Waals surface area contributed by atoms with E-state index in [9.17, 15) is 4.79 Å². The molecule has 5 heteroatoms. The van der Waals surface area contributed by atoms with Gasteiger partial charge in [0.15, 0.2) is 0 Å². The third-order valence-electron chi connectivity index (χ3n) is 3.52. The minimum Gasteiger partial charge on any atom is -0.460 e. The molecule has 0 N–H and O–H groups in total. The SMILES string of the molecule is CC(C)CN1CCOC(COC(=O)/C=C/c2cccc(Cl)c2)C1. The molecular formula is C18H24ClNO3. The van der Waals surface area contributed by atoms with Gasteiger partial charge in [0.1, 0.15) is 12.7 Å². The highest BCUT2D eigenvalue weighted by molar-refractivity contribution is 6.30. The molecule has 0 amide bonds. The molecular weight excluding hydrogens is 314 g/mol. The van der Waals surface area contributed by atoms with Crippen LogP contribution in [0.3, 0.4) is 0 Å². The molecule has 23 heavy (non-hydrogen) atoms. The number of carbonyl (C=O) groups is 1. The number of nitrogens with zero attached hydrogens (tertiary/aromatic N) is 1. The van der Waals surface area contributed by atoms with Crippen LogP contribution in [0.2, 0.25) is 5.02 Å². The van der Waals surface area contributed by atoms with Crippen LogP contribution in [0, 0.1) is 5.92 Å². The second-order valence-corrected chi connectivity index (χ2v) is 6.60. The van der Waals surface area contributed by atoms with Crippen molar-refractivity contribution in [1.29, 1.82) is 0 Å². The number of hydrogen-bond donors (Lipinski definition) is 0. The predicted octanol–water partition coefficient (Wildman–Crippen LogP) is 3.25. The topological polar surface area (TPSA) is 38.8 Å². The van der Waals surface area contributed by atoms with Gasteiger partial charge in [-0.1, -0.05) is 37.6 Å². The standard InChI is InChI=1S/C18H24ClNO3/c1-14(2)11-20-8-9-22-17(12-20)13-23-18(21)7-6-15-4-3-5-16(19)10-15/h3-7,10,14,17H,8-9,11-13H2,1-2H3/b7-6+. The van der Waals surface area contributed by atoms with Crippen molar-refractivity contribution in [1.82, 2.24) is 4.90 Å². The van der Waals surface area contributed by atoms with Crippen molar-refractivity contribution in [2.45, 2.75) is 20.0 Å². The van der Waals surface area contributed by atoms with Crippen LogP contribution in [0.5, 0.6) is 0 Å². The van der Waals surface area contributed by atoms with Crippen LogP contribution in [-0.2, 0) is 14.3 Å². The Morgan fingerprint density at radius 1 is 1.52 bits per heavy atom. The van der Waals surface area contributed by atoms with Gasteiger partial charge in [-0.3, -0.25) is 4.90 Å². The molecule has 1 fully saturated rings. The Hall–Kier alpha value is -1.36. The van der Waals surface area contributed by atoms with Crippen molar-refractivity contribution < 1.29 is 14.3 Å². The van der Waals surface area contributed by atoms with Crippen LogP contribution >= 0.6 is 11.6 Å². The molecule has 0 saturated carbocycles. The first-order valence-corrected chi connectivity index (χ1v) is 8.35. The Morgan fingerprint density at radius 3 is 3.09 bits per heavy atom. The maximum Gasteiger partial charge on any atom is 0.330 e. The Kier molecular flexibility index (Phi) is 7.09. The van der Waals surface area contributed by atoms with E-state index in [1.807, 2.05) is 12.1 Å². The number of benzene rings is 1. The molecule has 1 aromatic rings. The van der Waals surface area contributed by atoms with Crippen LogP contribution in [0.1, 0.15) is 19.4 Å². The van der Waals surface area contributed by atoms with Crippen molar-refractivity contribution in [2.75, 3.05) is 32.8 Å². The molecule has 1 aliphatic heterocycles. The fourth-order valence-corrected chi connectivity index (χ4v) is 2.76. The monoisotopic (exact) mass is 337 g/mol. The van der Waals surface area contributed by atoms with E-state index in [-0.39, 0.29) is 18.7 Å². The van der Waals surface area contributed by atoms with Crippen LogP contribution < -0.4 is 0 Å². The molecule has 0 aromatic heterocycles. The van der Waals surface area contributed by atoms with E-state index >= 15 is 0 Å². The van der Waals surface area contributed by atoms with Gasteiger partial charge in [0, 0.05) is 30.7 Å². The van der Waals surface area contributed by atoms with Gasteiger partial charge in [-0.05, 0) is 29.7 Å². The Bertz CT molecular complexity index is 545. The summed E-state index contributed by atoms with van der Waals surface area (Å²) in [4.78, 5) is 14.1. The fourth-order valence-electron chi connectivity index (χ4n) is 2.56. The highest BCUT2D eigenvalue weighted by Crippen LogP contribution is 2.12. The van der Waals surface area contributed by atoms with E-state index in [2.05, 4.69) is 18.7 Å². The molecule has 0 bridgehead atoms. The van der Waals surface area contributed by atoms with Crippen molar-refractivity contribution in [2.24, 2.45) is 5.92 Å². The number of hydrogen-bond acceptors (Lipinski definition) is 4. The van der Waals surface area contributed by atoms with Gasteiger partial charge < -0.3 is 9.47 Å². The van der Waals surface area contributed by atoms with E-state index in [0.717, 1.165) is 25.2 Å². The number of morpholine rings is 1. The number of rotatable bonds is 6. The Labute approximate surface area is 143 Å². The summed E-state index contributed by atoms with van der Waals surface area (Å²) in [5, 5.41) is 0.640. The van der Waals surface area contributed by atoms with E-state index < -0.39 is 0 Å². The lowest BCUT2D eigenvalue weighted by atomic mass is 10.2. The smallest absolute Gasteiger partial charge is 0.330 e. The third-order valence-corrected chi connectivity index (χ3v) is 3.75. The van der Waals surface area contributed by atoms with E-state index in [1.54, 1.807) is 18.2 Å². The predicted molar refractivity (Wildman–Crippen MR) is 92.5 cm³/mol. The molecule has 1 aromatic carbocycles. The summed E-state index contributed by atoms with van der Waals surface area (Å²) >= 11 is 5.90. The minimum absolute atomic E-state index is 0.0500. The van der Waals surface area contributed by atoms with Gasteiger partial charge in [-0.2, -0.15) is 0 Å². The van der Waals surface area contributed by atoms with Gasteiger partial charge in [-0.25, -0.2) is 4.79 Å². The molecule has 4 nitrogen and oxygen atoms in total. The quantitative estimate of drug-likeness (QED) is 0.590. The summed E-state index contributed by atoms with van der Waals surface area (Å²) in [7, 11) is 0. The minimum atomic E-state index is -0.366. The summed E-state index contributed by atoms with van der Waals surface area (Å²) in [6.45, 7) is 8.17. The van der Waals surface area contributed by atoms with E-state index in [0.29, 0.717) is 17.5 Å². The maximum atomic E-state index is 11.8. The van der Waals surface area contributed by atoms with Crippen molar-refractivity contribution in [3.05, 3.63) is 40.9 Å². The zero-order valence-electron chi connectivity index (χ0n) is 13.7. The first kappa shape index (κ1) is 18.0. The summed E-state index contributed by atoms with van der Waals surface area (Å²) in [6.07, 6.45) is 3.06. The highest BCUT2D eigenvalue weighted by atomic mass is 35.5. The summed E-state index contributed by atoms with van der Waals surface area (Å²) in [5.74, 6) is 0.256. The fraction of sp³-hybridized carbons (Fsp3) is 0.500. The summed E-state index contributed by atoms with van der Waals surface area (Å²) < 4.78 is 10.9. The average Bonchev–Trinajstić information content (AvgIpc) is 2.51. The first-order chi connectivity index (χ1) is 11.0. The molecule has 0 radical (unpaired) electrons. The van der Waals surface area contributed by atoms with Crippen LogP contribution in [0.4, 0.5) is 0 Å². The summed E-state index contributed by atoms with van der Waals surface area (Å²) in [6, 6.07) is 7.30. The normalized spacial score (nSPS) is 19.4. The van der Waals surface area contributed by atoms with Crippen molar-refractivity contribution in [3.8, 4) is 0 Å². The molecule has 1 unspecified atom stereocenters. The van der Waals surface area contributed by atoms with Crippen molar-refractivity contribution >= 4 is 23.6 Å².